The molecule has 0 aromatic heterocycles. The van der Waals surface area contributed by atoms with Crippen molar-refractivity contribution < 1.29 is 19.0 Å². The van der Waals surface area contributed by atoms with Crippen LogP contribution in [0.15, 0.2) is 72.8 Å². The third kappa shape index (κ3) is 4.64. The van der Waals surface area contributed by atoms with Crippen LogP contribution in [-0.2, 0) is 6.61 Å². The maximum atomic E-state index is 13.5. The average Bonchev–Trinajstić information content (AvgIpc) is 3.32. The maximum absolute atomic E-state index is 13.5. The first kappa shape index (κ1) is 21.1. The first-order valence-electron chi connectivity index (χ1n) is 10.1. The molecule has 1 fully saturated rings. The predicted molar refractivity (Wildman–Crippen MR) is 123 cm³/mol. The van der Waals surface area contributed by atoms with E-state index in [1.165, 1.54) is 0 Å². The average molecular weight is 436 g/mol. The summed E-state index contributed by atoms with van der Waals surface area (Å²) in [5.41, 5.74) is 2.63. The molecule has 1 aliphatic rings. The van der Waals surface area contributed by atoms with Gasteiger partial charge in [0.25, 0.3) is 5.91 Å². The topological polar surface area (TPSA) is 48.0 Å². The highest BCUT2D eigenvalue weighted by Crippen LogP contribution is 2.43. The predicted octanol–water partition coefficient (Wildman–Crippen LogP) is 5.17. The van der Waals surface area contributed by atoms with Crippen LogP contribution in [0.25, 0.3) is 0 Å². The van der Waals surface area contributed by atoms with E-state index in [4.69, 9.17) is 14.2 Å². The molecular formula is C25H25NO4S. The molecule has 1 amide bonds. The number of hydrogen-bond acceptors (Lipinski definition) is 5. The Hall–Kier alpha value is -3.12. The van der Waals surface area contributed by atoms with Gasteiger partial charge >= 0.3 is 0 Å². The molecule has 0 aliphatic carbocycles. The monoisotopic (exact) mass is 435 g/mol. The van der Waals surface area contributed by atoms with Gasteiger partial charge in [0.05, 0.1) is 19.8 Å². The van der Waals surface area contributed by atoms with E-state index < -0.39 is 0 Å². The molecule has 6 heteroatoms. The summed E-state index contributed by atoms with van der Waals surface area (Å²) in [4.78, 5) is 15.3. The second-order valence-corrected chi connectivity index (χ2v) is 8.29. The minimum atomic E-state index is -0.119. The van der Waals surface area contributed by atoms with Crippen molar-refractivity contribution >= 4 is 17.7 Å². The first-order valence-corrected chi connectivity index (χ1v) is 11.2. The van der Waals surface area contributed by atoms with Crippen molar-refractivity contribution in [2.24, 2.45) is 0 Å². The highest BCUT2D eigenvalue weighted by Gasteiger charge is 2.34. The zero-order valence-corrected chi connectivity index (χ0v) is 18.4. The van der Waals surface area contributed by atoms with Crippen molar-refractivity contribution in [3.05, 3.63) is 89.5 Å². The lowest BCUT2D eigenvalue weighted by molar-refractivity contribution is 0.0755. The molecule has 31 heavy (non-hydrogen) atoms. The molecule has 5 nitrogen and oxygen atoms in total. The van der Waals surface area contributed by atoms with Crippen molar-refractivity contribution in [3.63, 3.8) is 0 Å². The van der Waals surface area contributed by atoms with Crippen LogP contribution in [0.4, 0.5) is 0 Å². The Balaban J connectivity index is 1.58. The molecular weight excluding hydrogens is 410 g/mol. The lowest BCUT2D eigenvalue weighted by Crippen LogP contribution is -2.31. The highest BCUT2D eigenvalue weighted by atomic mass is 32.2. The van der Waals surface area contributed by atoms with Crippen LogP contribution >= 0.6 is 11.8 Å². The summed E-state index contributed by atoms with van der Waals surface area (Å²) in [5.74, 6) is 2.76. The van der Waals surface area contributed by atoms with E-state index >= 15 is 0 Å². The lowest BCUT2D eigenvalue weighted by atomic mass is 10.1. The van der Waals surface area contributed by atoms with Gasteiger partial charge in [-0.2, -0.15) is 0 Å². The molecule has 0 saturated carbocycles. The van der Waals surface area contributed by atoms with E-state index in [9.17, 15) is 4.79 Å². The van der Waals surface area contributed by atoms with E-state index in [1.54, 1.807) is 44.2 Å². The van der Waals surface area contributed by atoms with Crippen LogP contribution in [0.5, 0.6) is 17.2 Å². The smallest absolute Gasteiger partial charge is 0.258 e. The number of carbonyl (C=O) groups excluding carboxylic acids is 1. The standard InChI is InChI=1S/C25H25NO4S/c1-28-19-12-13-20(23(16-19)29-2)24(27)26-14-15-31-25(26)21-10-6-7-11-22(21)30-17-18-8-4-3-5-9-18/h3-13,16,25H,14-15,17H2,1-2H3. The minimum Gasteiger partial charge on any atom is -0.497 e. The van der Waals surface area contributed by atoms with Gasteiger partial charge in [0, 0.05) is 23.9 Å². The van der Waals surface area contributed by atoms with Crippen LogP contribution in [0.2, 0.25) is 0 Å². The fourth-order valence-corrected chi connectivity index (χ4v) is 4.90. The van der Waals surface area contributed by atoms with Gasteiger partial charge < -0.3 is 19.1 Å². The van der Waals surface area contributed by atoms with E-state index in [0.29, 0.717) is 30.2 Å². The van der Waals surface area contributed by atoms with Gasteiger partial charge in [-0.1, -0.05) is 48.5 Å². The molecule has 0 bridgehead atoms. The summed E-state index contributed by atoms with van der Waals surface area (Å²) in [5, 5.41) is -0.119. The fourth-order valence-electron chi connectivity index (χ4n) is 3.62. The van der Waals surface area contributed by atoms with E-state index in [0.717, 1.165) is 22.6 Å². The summed E-state index contributed by atoms with van der Waals surface area (Å²) in [6.45, 7) is 1.14. The third-order valence-corrected chi connectivity index (χ3v) is 6.46. The Morgan fingerprint density at radius 3 is 2.52 bits per heavy atom. The van der Waals surface area contributed by atoms with Crippen molar-refractivity contribution in [2.75, 3.05) is 26.5 Å². The second-order valence-electron chi connectivity index (χ2n) is 7.10. The number of thioether (sulfide) groups is 1. The van der Waals surface area contributed by atoms with Gasteiger partial charge in [-0.3, -0.25) is 4.79 Å². The van der Waals surface area contributed by atoms with Crippen molar-refractivity contribution in [1.29, 1.82) is 0 Å². The van der Waals surface area contributed by atoms with E-state index in [-0.39, 0.29) is 11.3 Å². The zero-order valence-electron chi connectivity index (χ0n) is 17.6. The van der Waals surface area contributed by atoms with Gasteiger partial charge in [-0.15, -0.1) is 11.8 Å². The molecule has 3 aromatic carbocycles. The molecule has 1 unspecified atom stereocenters. The summed E-state index contributed by atoms with van der Waals surface area (Å²) in [7, 11) is 3.16. The molecule has 0 radical (unpaired) electrons. The normalized spacial score (nSPS) is 15.5. The Bertz CT molecular complexity index is 1040. The van der Waals surface area contributed by atoms with E-state index in [2.05, 4.69) is 0 Å². The number of carbonyl (C=O) groups is 1. The van der Waals surface area contributed by atoms with Gasteiger partial charge in [0.1, 0.15) is 29.2 Å². The van der Waals surface area contributed by atoms with Gasteiger partial charge in [-0.25, -0.2) is 0 Å². The van der Waals surface area contributed by atoms with Crippen LogP contribution in [0.3, 0.4) is 0 Å². The van der Waals surface area contributed by atoms with Crippen LogP contribution in [0, 0.1) is 0 Å². The molecule has 0 N–H and O–H groups in total. The summed E-state index contributed by atoms with van der Waals surface area (Å²) >= 11 is 1.74. The number of benzene rings is 3. The second kappa shape index (κ2) is 9.79. The number of methoxy groups -OCH3 is 2. The molecule has 160 valence electrons. The number of nitrogens with zero attached hydrogens (tertiary/aromatic N) is 1. The third-order valence-electron chi connectivity index (χ3n) is 5.21. The molecule has 3 aromatic rings. The SMILES string of the molecule is COc1ccc(C(=O)N2CCSC2c2ccccc2OCc2ccccc2)c(OC)c1. The van der Waals surface area contributed by atoms with Crippen molar-refractivity contribution in [1.82, 2.24) is 4.90 Å². The summed E-state index contributed by atoms with van der Waals surface area (Å²) < 4.78 is 16.9. The maximum Gasteiger partial charge on any atom is 0.258 e. The minimum absolute atomic E-state index is 0.0626. The van der Waals surface area contributed by atoms with Crippen LogP contribution < -0.4 is 14.2 Å². The fraction of sp³-hybridized carbons (Fsp3) is 0.240. The van der Waals surface area contributed by atoms with Crippen molar-refractivity contribution in [2.45, 2.75) is 12.0 Å². The number of amides is 1. The summed E-state index contributed by atoms with van der Waals surface area (Å²) in [6, 6.07) is 23.3. The number of ether oxygens (including phenoxy) is 3. The summed E-state index contributed by atoms with van der Waals surface area (Å²) in [6.07, 6.45) is 0. The molecule has 1 saturated heterocycles. The number of rotatable bonds is 7. The molecule has 0 spiro atoms. The Kier molecular flexibility index (Phi) is 6.67. The quantitative estimate of drug-likeness (QED) is 0.512. The Morgan fingerprint density at radius 1 is 0.968 bits per heavy atom. The highest BCUT2D eigenvalue weighted by molar-refractivity contribution is 7.99. The molecule has 1 heterocycles. The Labute approximate surface area is 186 Å². The van der Waals surface area contributed by atoms with Gasteiger partial charge in [-0.05, 0) is 23.8 Å². The first-order chi connectivity index (χ1) is 15.2. The molecule has 1 aliphatic heterocycles. The largest absolute Gasteiger partial charge is 0.497 e. The van der Waals surface area contributed by atoms with Gasteiger partial charge in [0.15, 0.2) is 0 Å². The van der Waals surface area contributed by atoms with Gasteiger partial charge in [0.2, 0.25) is 0 Å². The van der Waals surface area contributed by atoms with Crippen molar-refractivity contribution in [3.8, 4) is 17.2 Å². The van der Waals surface area contributed by atoms with Crippen LogP contribution in [-0.4, -0.2) is 37.3 Å². The van der Waals surface area contributed by atoms with E-state index in [1.807, 2.05) is 59.5 Å². The molecule has 1 atom stereocenters. The molecule has 4 rings (SSSR count). The zero-order chi connectivity index (χ0) is 21.6. The lowest BCUT2D eigenvalue weighted by Gasteiger charge is -2.26. The Morgan fingerprint density at radius 2 is 1.74 bits per heavy atom. The number of hydrogen-bond donors (Lipinski definition) is 0. The number of para-hydroxylation sites is 1. The van der Waals surface area contributed by atoms with Crippen LogP contribution in [0.1, 0.15) is 26.9 Å².